The molecule has 3 aromatic carbocycles. The molecule has 456 valence electrons. The minimum Gasteiger partial charge on any atom is -0.778 e. The van der Waals surface area contributed by atoms with Gasteiger partial charge in [0.25, 0.3) is 11.8 Å². The summed E-state index contributed by atoms with van der Waals surface area (Å²) in [5, 5.41) is 13.7. The second kappa shape index (κ2) is 32.8. The molecule has 2 heterocycles. The summed E-state index contributed by atoms with van der Waals surface area (Å²) in [6.45, 7) is 7.96. The van der Waals surface area contributed by atoms with Gasteiger partial charge in [0.05, 0.1) is 84.4 Å². The van der Waals surface area contributed by atoms with Crippen LogP contribution in [0.25, 0.3) is 6.08 Å². The number of sulfone groups is 1. The molecular formula is C55H67Cl3F3N4O15PS2. The van der Waals surface area contributed by atoms with Gasteiger partial charge in [-0.2, -0.15) is 13.2 Å². The largest absolute Gasteiger partial charge is 0.778 e. The molecule has 1 fully saturated rings. The number of carboxylic acids is 1. The van der Waals surface area contributed by atoms with E-state index < -0.39 is 64.6 Å². The number of alkyl halides is 4. The molecule has 1 aliphatic heterocycles. The minimum atomic E-state index is -4.71. The van der Waals surface area contributed by atoms with Gasteiger partial charge >= 0.3 is 18.1 Å². The SMILES string of the molecule is CCOC(=O)/C(Cl)=C/c1cc(N2C(=O)C3=C(CCCC3)C2=O)ccc1Cl.CCc1cccc(C)c1N(C(=O)CCl)C(C)COC.CS(=O)(=O)c1cc(C(F)(F)F)ccc1C(=O)c1cnoc1C1CC1.C[S+](C)C.O=C(O)CNCP(=O)([O-])O. The fourth-order valence-electron chi connectivity index (χ4n) is 8.17. The Balaban J connectivity index is 0.000000295. The van der Waals surface area contributed by atoms with Crippen LogP contribution in [0.4, 0.5) is 24.5 Å². The number of hydrogen-bond donors (Lipinski definition) is 3. The van der Waals surface area contributed by atoms with Crippen LogP contribution in [0.1, 0.15) is 109 Å². The molecule has 2 atom stereocenters. The number of anilines is 2. The lowest BCUT2D eigenvalue weighted by Gasteiger charge is -2.31. The van der Waals surface area contributed by atoms with Crippen LogP contribution < -0.4 is 20.0 Å². The van der Waals surface area contributed by atoms with Gasteiger partial charge in [-0.05, 0) is 136 Å². The van der Waals surface area contributed by atoms with Gasteiger partial charge in [0, 0.05) is 41.0 Å². The Labute approximate surface area is 498 Å². The average Bonchev–Trinajstić information content (AvgIpc) is 3.34. The summed E-state index contributed by atoms with van der Waals surface area (Å²) >= 11 is 17.9. The van der Waals surface area contributed by atoms with Crippen molar-refractivity contribution < 1.29 is 83.8 Å². The molecule has 1 aromatic heterocycles. The van der Waals surface area contributed by atoms with Crippen molar-refractivity contribution in [2.24, 2.45) is 0 Å². The molecule has 1 saturated carbocycles. The smallest absolute Gasteiger partial charge is 0.416 e. The van der Waals surface area contributed by atoms with Crippen LogP contribution in [-0.4, -0.2) is 129 Å². The quantitative estimate of drug-likeness (QED) is 0.0159. The lowest BCUT2D eigenvalue weighted by atomic mass is 9.93. The molecule has 7 rings (SSSR count). The number of aromatic nitrogens is 1. The first kappa shape index (κ1) is 71.9. The van der Waals surface area contributed by atoms with Crippen LogP contribution in [0.3, 0.4) is 0 Å². The van der Waals surface area contributed by atoms with Crippen molar-refractivity contribution in [3.05, 3.63) is 121 Å². The summed E-state index contributed by atoms with van der Waals surface area (Å²) in [6.07, 6.45) is 10.1. The highest BCUT2D eigenvalue weighted by Crippen LogP contribution is 2.43. The third kappa shape index (κ3) is 21.9. The Morgan fingerprint density at radius 3 is 2.12 bits per heavy atom. The van der Waals surface area contributed by atoms with Crippen molar-refractivity contribution in [3.8, 4) is 0 Å². The Morgan fingerprint density at radius 2 is 1.63 bits per heavy atom. The van der Waals surface area contributed by atoms with Gasteiger partial charge < -0.3 is 38.4 Å². The number of ketones is 1. The standard InChI is InChI=1S/C19H17Cl2NO4.C15H22ClNO2.C15H12F3NO4S.C3H8NO5P.C3H9S/c1-2-26-19(25)16(21)10-11-9-12(7-8-15(11)20)22-17(23)13-5-3-4-6-14(13)18(22)24;1-5-13-8-6-7-11(2)15(13)17(14(18)9-16)12(3)10-19-4;1-24(21,22)12-6-9(15(16,17)18)4-5-10(12)13(20)11-7-19-23-14(11)8-2-3-8;5-3(6)1-4-2-10(7,8)9;1-4(2)3/h7-10H,2-6H2,1H3;6-8,12H,5,9-10H2,1-4H3;4-8H,2-3H2,1H3;4H,1-2H2,(H,5,6)(H2,7,8,9);1-3H3/q;;;;+1/p-1/b16-10-;;;;. The van der Waals surface area contributed by atoms with E-state index in [1.54, 1.807) is 37.1 Å². The first-order chi connectivity index (χ1) is 38.7. The van der Waals surface area contributed by atoms with E-state index in [1.807, 2.05) is 31.3 Å². The number of nitrogens with zero attached hydrogens (tertiary/aromatic N) is 3. The fraction of sp³-hybridized carbons (Fsp3) is 0.436. The van der Waals surface area contributed by atoms with Crippen LogP contribution in [0, 0.1) is 6.92 Å². The second-order valence-corrected chi connectivity index (χ2v) is 26.3. The number of rotatable bonds is 18. The number of carboxylic acid groups (broad SMARTS) is 1. The third-order valence-corrected chi connectivity index (χ3v) is 14.5. The molecule has 2 aliphatic carbocycles. The summed E-state index contributed by atoms with van der Waals surface area (Å²) in [4.78, 5) is 91.9. The van der Waals surface area contributed by atoms with Gasteiger partial charge in [-0.1, -0.05) is 53.5 Å². The van der Waals surface area contributed by atoms with E-state index in [9.17, 15) is 59.8 Å². The molecule has 0 spiro atoms. The van der Waals surface area contributed by atoms with Crippen molar-refractivity contribution in [3.63, 3.8) is 0 Å². The molecule has 0 radical (unpaired) electrons. The zero-order valence-electron chi connectivity index (χ0n) is 47.1. The molecular weight excluding hydrogens is 1220 g/mol. The van der Waals surface area contributed by atoms with Crippen LogP contribution >= 0.6 is 42.4 Å². The second-order valence-electron chi connectivity index (χ2n) is 19.2. The van der Waals surface area contributed by atoms with Gasteiger partial charge in [0.2, 0.25) is 5.91 Å². The normalized spacial score (nSPS) is 15.2. The monoisotopic (exact) mass is 1280 g/mol. The molecule has 3 N–H and O–H groups in total. The highest BCUT2D eigenvalue weighted by atomic mass is 35.5. The number of halogens is 6. The number of benzene rings is 3. The van der Waals surface area contributed by atoms with E-state index in [0.717, 1.165) is 61.2 Å². The number of aryl methyl sites for hydroxylation is 2. The number of ether oxygens (including phenoxy) is 2. The van der Waals surface area contributed by atoms with Crippen LogP contribution in [0.15, 0.2) is 86.4 Å². The summed E-state index contributed by atoms with van der Waals surface area (Å²) < 4.78 is 87.3. The summed E-state index contributed by atoms with van der Waals surface area (Å²) in [6, 6.07) is 12.8. The molecule has 19 nitrogen and oxygen atoms in total. The Kier molecular flexibility index (Phi) is 28.4. The number of esters is 1. The van der Waals surface area contributed by atoms with E-state index >= 15 is 0 Å². The van der Waals surface area contributed by atoms with E-state index in [4.69, 9.17) is 58.8 Å². The third-order valence-electron chi connectivity index (χ3n) is 11.9. The first-order valence-electron chi connectivity index (χ1n) is 25.5. The number of hydrogen-bond acceptors (Lipinski definition) is 15. The zero-order valence-corrected chi connectivity index (χ0v) is 51.9. The van der Waals surface area contributed by atoms with Crippen molar-refractivity contribution in [1.82, 2.24) is 10.5 Å². The number of methoxy groups -OCH3 is 1. The number of carbonyl (C=O) groups excluding carboxylic acids is 5. The number of aliphatic carboxylic acids is 1. The summed E-state index contributed by atoms with van der Waals surface area (Å²) in [5.74, 6) is -2.83. The maximum atomic E-state index is 12.8. The van der Waals surface area contributed by atoms with Gasteiger partial charge in [-0.15, -0.1) is 11.6 Å². The number of para-hydroxylation sites is 1. The number of nitrogens with one attached hydrogen (secondary N) is 1. The van der Waals surface area contributed by atoms with Gasteiger partial charge in [0.15, 0.2) is 21.4 Å². The zero-order chi connectivity index (χ0) is 62.7. The maximum absolute atomic E-state index is 12.8. The molecule has 28 heteroatoms. The highest BCUT2D eigenvalue weighted by molar-refractivity contribution is 7.94. The Morgan fingerprint density at radius 1 is 1.02 bits per heavy atom. The van der Waals surface area contributed by atoms with Crippen LogP contribution in [-0.2, 0) is 71.3 Å². The molecule has 3 aliphatic rings. The Bertz CT molecular complexity index is 3170. The number of imide groups is 1. The predicted molar refractivity (Wildman–Crippen MR) is 312 cm³/mol. The molecule has 83 heavy (non-hydrogen) atoms. The summed E-state index contributed by atoms with van der Waals surface area (Å²) in [5.41, 5.74) is 3.88. The van der Waals surface area contributed by atoms with Crippen molar-refractivity contribution >= 4 is 116 Å². The van der Waals surface area contributed by atoms with Crippen LogP contribution in [0.2, 0.25) is 5.02 Å². The number of carbonyl (C=O) groups is 6. The minimum absolute atomic E-state index is 0.0223. The Hall–Kier alpha value is -5.40. The molecule has 2 unspecified atom stereocenters. The lowest BCUT2D eigenvalue weighted by Crippen LogP contribution is -2.43. The average molecular weight is 1280 g/mol. The van der Waals surface area contributed by atoms with E-state index in [2.05, 4.69) is 36.9 Å². The topological polar surface area (TPSA) is 280 Å². The van der Waals surface area contributed by atoms with Crippen molar-refractivity contribution in [2.45, 2.75) is 95.7 Å². The molecule has 0 bridgehead atoms. The predicted octanol–water partition coefficient (Wildman–Crippen LogP) is 9.25. The first-order valence-corrected chi connectivity index (χ1v) is 32.9. The van der Waals surface area contributed by atoms with Gasteiger partial charge in [-0.3, -0.25) is 29.3 Å². The fourth-order valence-corrected chi connectivity index (χ4v) is 9.94. The van der Waals surface area contributed by atoms with E-state index in [-0.39, 0.29) is 58.3 Å². The van der Waals surface area contributed by atoms with Gasteiger partial charge in [0.1, 0.15) is 18.5 Å². The summed E-state index contributed by atoms with van der Waals surface area (Å²) in [7, 11) is -6.11. The van der Waals surface area contributed by atoms with E-state index in [1.165, 1.54) is 17.2 Å². The van der Waals surface area contributed by atoms with Crippen molar-refractivity contribution in [2.75, 3.05) is 73.9 Å². The van der Waals surface area contributed by atoms with Crippen molar-refractivity contribution in [1.29, 1.82) is 0 Å². The van der Waals surface area contributed by atoms with Gasteiger partial charge in [-0.25, -0.2) is 18.1 Å². The van der Waals surface area contributed by atoms with E-state index in [0.29, 0.717) is 75.7 Å². The maximum Gasteiger partial charge on any atom is 0.416 e. The van der Waals surface area contributed by atoms with Crippen LogP contribution in [0.5, 0.6) is 0 Å². The lowest BCUT2D eigenvalue weighted by molar-refractivity contribution is -0.193. The molecule has 0 saturated heterocycles. The number of amides is 3. The molecule has 3 amide bonds. The molecule has 4 aromatic rings. The highest BCUT2D eigenvalue weighted by Gasteiger charge is 2.40.